The second-order valence-electron chi connectivity index (χ2n) is 4.74. The monoisotopic (exact) mass is 324 g/mol. The summed E-state index contributed by atoms with van der Waals surface area (Å²) in [6.45, 7) is 2.43. The maximum Gasteiger partial charge on any atom is 0.416 e. The molecule has 2 rings (SSSR count). The number of nitrogens with one attached hydrogen (secondary N) is 1. The maximum atomic E-state index is 12.7. The topological polar surface area (TPSA) is 51.2 Å². The molecule has 1 N–H and O–H groups in total. The van der Waals surface area contributed by atoms with Gasteiger partial charge in [0.2, 0.25) is 5.88 Å². The Labute approximate surface area is 131 Å². The number of amides is 1. The Morgan fingerprint density at radius 3 is 2.65 bits per heavy atom. The van der Waals surface area contributed by atoms with Crippen LogP contribution in [0.15, 0.2) is 42.5 Å². The van der Waals surface area contributed by atoms with Gasteiger partial charge in [-0.05, 0) is 30.7 Å². The van der Waals surface area contributed by atoms with Gasteiger partial charge in [0.05, 0.1) is 5.56 Å². The van der Waals surface area contributed by atoms with Crippen LogP contribution in [0.2, 0.25) is 0 Å². The number of halogens is 3. The summed E-state index contributed by atoms with van der Waals surface area (Å²) in [6.07, 6.45) is -3.67. The van der Waals surface area contributed by atoms with Gasteiger partial charge in [0.25, 0.3) is 5.91 Å². The summed E-state index contributed by atoms with van der Waals surface area (Å²) in [4.78, 5) is 15.8. The normalized spacial score (nSPS) is 11.1. The van der Waals surface area contributed by atoms with Crippen LogP contribution in [-0.4, -0.2) is 17.4 Å². The average Bonchev–Trinajstić information content (AvgIpc) is 2.52. The van der Waals surface area contributed by atoms with E-state index in [1.54, 1.807) is 6.07 Å². The van der Waals surface area contributed by atoms with Crippen molar-refractivity contribution >= 4 is 5.91 Å². The molecule has 2 aromatic rings. The first-order chi connectivity index (χ1) is 10.9. The van der Waals surface area contributed by atoms with Crippen LogP contribution >= 0.6 is 0 Å². The lowest BCUT2D eigenvalue weighted by molar-refractivity contribution is -0.137. The van der Waals surface area contributed by atoms with Gasteiger partial charge in [0.1, 0.15) is 11.4 Å². The number of carbonyl (C=O) groups excluding carboxylic acids is 1. The van der Waals surface area contributed by atoms with E-state index in [-0.39, 0.29) is 23.2 Å². The third kappa shape index (κ3) is 4.70. The van der Waals surface area contributed by atoms with Crippen molar-refractivity contribution in [3.05, 3.63) is 53.7 Å². The summed E-state index contributed by atoms with van der Waals surface area (Å²) in [5.41, 5.74) is -0.672. The Morgan fingerprint density at radius 1 is 1.22 bits per heavy atom. The quantitative estimate of drug-likeness (QED) is 0.903. The van der Waals surface area contributed by atoms with Crippen LogP contribution in [-0.2, 0) is 6.18 Å². The molecule has 0 saturated carbocycles. The SMILES string of the molecule is CCCNC(=O)c1cccc(Oc2cccc(C(F)(F)F)c2)n1. The molecule has 0 atom stereocenters. The molecule has 1 amide bonds. The number of carbonyl (C=O) groups is 1. The van der Waals surface area contributed by atoms with Crippen LogP contribution in [0.4, 0.5) is 13.2 Å². The molecule has 0 aliphatic heterocycles. The molecule has 0 unspecified atom stereocenters. The first-order valence-electron chi connectivity index (χ1n) is 7.00. The smallest absolute Gasteiger partial charge is 0.416 e. The molecular formula is C16H15F3N2O2. The minimum absolute atomic E-state index is 0.00144. The van der Waals surface area contributed by atoms with E-state index in [9.17, 15) is 18.0 Å². The molecular weight excluding hydrogens is 309 g/mol. The average molecular weight is 324 g/mol. The summed E-state index contributed by atoms with van der Waals surface area (Å²) in [5.74, 6) is -0.312. The van der Waals surface area contributed by atoms with E-state index in [1.165, 1.54) is 24.3 Å². The molecule has 1 aromatic carbocycles. The molecule has 0 saturated heterocycles. The third-order valence-electron chi connectivity index (χ3n) is 2.88. The second-order valence-corrected chi connectivity index (χ2v) is 4.74. The lowest BCUT2D eigenvalue weighted by Gasteiger charge is -2.10. The summed E-state index contributed by atoms with van der Waals surface area (Å²) in [5, 5.41) is 2.66. The van der Waals surface area contributed by atoms with Crippen molar-refractivity contribution < 1.29 is 22.7 Å². The van der Waals surface area contributed by atoms with E-state index < -0.39 is 11.7 Å². The Morgan fingerprint density at radius 2 is 1.96 bits per heavy atom. The van der Waals surface area contributed by atoms with Crippen LogP contribution in [0, 0.1) is 0 Å². The minimum Gasteiger partial charge on any atom is -0.439 e. The highest BCUT2D eigenvalue weighted by atomic mass is 19.4. The highest BCUT2D eigenvalue weighted by Gasteiger charge is 2.30. The Balaban J connectivity index is 2.16. The first kappa shape index (κ1) is 16.8. The molecule has 122 valence electrons. The fraction of sp³-hybridized carbons (Fsp3) is 0.250. The predicted octanol–water partition coefficient (Wildman–Crippen LogP) is 4.03. The molecule has 0 spiro atoms. The van der Waals surface area contributed by atoms with Crippen molar-refractivity contribution in [2.45, 2.75) is 19.5 Å². The predicted molar refractivity (Wildman–Crippen MR) is 78.4 cm³/mol. The van der Waals surface area contributed by atoms with Crippen molar-refractivity contribution in [1.82, 2.24) is 10.3 Å². The van der Waals surface area contributed by atoms with Gasteiger partial charge in [0, 0.05) is 12.6 Å². The van der Waals surface area contributed by atoms with Crippen LogP contribution in [0.1, 0.15) is 29.4 Å². The molecule has 0 fully saturated rings. The van der Waals surface area contributed by atoms with Gasteiger partial charge in [-0.15, -0.1) is 0 Å². The molecule has 0 aliphatic rings. The summed E-state index contributed by atoms with van der Waals surface area (Å²) >= 11 is 0. The lowest BCUT2D eigenvalue weighted by Crippen LogP contribution is -2.24. The Bertz CT molecular complexity index is 687. The number of alkyl halides is 3. The second kappa shape index (κ2) is 7.13. The van der Waals surface area contributed by atoms with E-state index in [4.69, 9.17) is 4.74 Å². The van der Waals surface area contributed by atoms with Gasteiger partial charge in [0.15, 0.2) is 0 Å². The van der Waals surface area contributed by atoms with E-state index in [2.05, 4.69) is 10.3 Å². The van der Waals surface area contributed by atoms with Gasteiger partial charge in [-0.2, -0.15) is 13.2 Å². The number of pyridine rings is 1. The third-order valence-corrected chi connectivity index (χ3v) is 2.88. The molecule has 7 heteroatoms. The van der Waals surface area contributed by atoms with Gasteiger partial charge in [-0.1, -0.05) is 19.1 Å². The van der Waals surface area contributed by atoms with Crippen LogP contribution in [0.25, 0.3) is 0 Å². The standard InChI is InChI=1S/C16H15F3N2O2/c1-2-9-20-15(22)13-7-4-8-14(21-13)23-12-6-3-5-11(10-12)16(17,18)19/h3-8,10H,2,9H2,1H3,(H,20,22). The highest BCUT2D eigenvalue weighted by molar-refractivity contribution is 5.92. The number of hydrogen-bond donors (Lipinski definition) is 1. The number of nitrogens with zero attached hydrogens (tertiary/aromatic N) is 1. The zero-order valence-corrected chi connectivity index (χ0v) is 12.4. The molecule has 1 aromatic heterocycles. The molecule has 23 heavy (non-hydrogen) atoms. The fourth-order valence-electron chi connectivity index (χ4n) is 1.78. The van der Waals surface area contributed by atoms with Crippen molar-refractivity contribution in [1.29, 1.82) is 0 Å². The Hall–Kier alpha value is -2.57. The largest absolute Gasteiger partial charge is 0.439 e. The number of hydrogen-bond acceptors (Lipinski definition) is 3. The van der Waals surface area contributed by atoms with Crippen molar-refractivity contribution in [3.8, 4) is 11.6 Å². The van der Waals surface area contributed by atoms with Gasteiger partial charge in [-0.3, -0.25) is 4.79 Å². The fourth-order valence-corrected chi connectivity index (χ4v) is 1.78. The Kier molecular flexibility index (Phi) is 5.20. The van der Waals surface area contributed by atoms with Crippen LogP contribution in [0.5, 0.6) is 11.6 Å². The highest BCUT2D eigenvalue weighted by Crippen LogP contribution is 2.32. The van der Waals surface area contributed by atoms with Crippen molar-refractivity contribution in [2.75, 3.05) is 6.54 Å². The summed E-state index contributed by atoms with van der Waals surface area (Å²) in [7, 11) is 0. The molecule has 1 heterocycles. The van der Waals surface area contributed by atoms with Crippen molar-refractivity contribution in [3.63, 3.8) is 0 Å². The van der Waals surface area contributed by atoms with Gasteiger partial charge in [-0.25, -0.2) is 4.98 Å². The minimum atomic E-state index is -4.45. The van der Waals surface area contributed by atoms with E-state index in [0.29, 0.717) is 6.54 Å². The van der Waals surface area contributed by atoms with Gasteiger partial charge >= 0.3 is 6.18 Å². The van der Waals surface area contributed by atoms with E-state index in [0.717, 1.165) is 18.6 Å². The number of ether oxygens (including phenoxy) is 1. The van der Waals surface area contributed by atoms with Gasteiger partial charge < -0.3 is 10.1 Å². The number of benzene rings is 1. The van der Waals surface area contributed by atoms with Crippen LogP contribution in [0.3, 0.4) is 0 Å². The lowest BCUT2D eigenvalue weighted by atomic mass is 10.2. The van der Waals surface area contributed by atoms with E-state index in [1.807, 2.05) is 6.92 Å². The summed E-state index contributed by atoms with van der Waals surface area (Å²) < 4.78 is 43.3. The zero-order chi connectivity index (χ0) is 16.9. The maximum absolute atomic E-state index is 12.7. The molecule has 0 bridgehead atoms. The van der Waals surface area contributed by atoms with E-state index >= 15 is 0 Å². The first-order valence-corrected chi connectivity index (χ1v) is 7.00. The van der Waals surface area contributed by atoms with Crippen molar-refractivity contribution in [2.24, 2.45) is 0 Å². The zero-order valence-electron chi connectivity index (χ0n) is 12.4. The molecule has 0 radical (unpaired) electrons. The van der Waals surface area contributed by atoms with Crippen LogP contribution < -0.4 is 10.1 Å². The summed E-state index contributed by atoms with van der Waals surface area (Å²) in [6, 6.07) is 8.99. The molecule has 0 aliphatic carbocycles. The number of rotatable bonds is 5. The molecule has 4 nitrogen and oxygen atoms in total. The number of aromatic nitrogens is 1.